The van der Waals surface area contributed by atoms with Crippen LogP contribution in [0.1, 0.15) is 12.5 Å². The fourth-order valence-electron chi connectivity index (χ4n) is 0.655. The van der Waals surface area contributed by atoms with Crippen LogP contribution in [0.25, 0.3) is 0 Å². The number of halogens is 1. The second-order valence-corrected chi connectivity index (χ2v) is 1.84. The van der Waals surface area contributed by atoms with Gasteiger partial charge in [-0.3, -0.25) is 0 Å². The maximum Gasteiger partial charge on any atom is 0.123 e. The van der Waals surface area contributed by atoms with Crippen LogP contribution in [0.2, 0.25) is 0 Å². The van der Waals surface area contributed by atoms with Crippen molar-refractivity contribution in [3.63, 3.8) is 0 Å². The highest BCUT2D eigenvalue weighted by Crippen LogP contribution is 2.03. The first-order valence-corrected chi connectivity index (χ1v) is 2.88. The summed E-state index contributed by atoms with van der Waals surface area (Å²) < 4.78 is 12.2. The van der Waals surface area contributed by atoms with Crippen molar-refractivity contribution in [2.75, 3.05) is 0 Å². The predicted molar refractivity (Wildman–Crippen MR) is 35.5 cm³/mol. The third-order valence-electron chi connectivity index (χ3n) is 1.20. The van der Waals surface area contributed by atoms with Gasteiger partial charge in [0.15, 0.2) is 0 Å². The summed E-state index contributed by atoms with van der Waals surface area (Å²) in [6.45, 7) is 1.92. The lowest BCUT2D eigenvalue weighted by molar-refractivity contribution is 0.627. The van der Waals surface area contributed by atoms with Gasteiger partial charge >= 0.3 is 0 Å². The van der Waals surface area contributed by atoms with E-state index in [9.17, 15) is 4.39 Å². The predicted octanol–water partition coefficient (Wildman–Crippen LogP) is 2.40. The molecule has 0 spiro atoms. The summed E-state index contributed by atoms with van der Waals surface area (Å²) in [5.74, 6) is -0.180. The molecule has 0 amide bonds. The maximum atomic E-state index is 12.2. The molecule has 0 aromatic heterocycles. The van der Waals surface area contributed by atoms with Gasteiger partial charge in [0.05, 0.1) is 0 Å². The zero-order chi connectivity index (χ0) is 6.69. The number of benzene rings is 1. The van der Waals surface area contributed by atoms with E-state index in [1.165, 1.54) is 12.1 Å². The Labute approximate surface area is 54.3 Å². The van der Waals surface area contributed by atoms with E-state index < -0.39 is 0 Å². The Morgan fingerprint density at radius 2 is 1.78 bits per heavy atom. The van der Waals surface area contributed by atoms with E-state index in [0.29, 0.717) is 0 Å². The summed E-state index contributed by atoms with van der Waals surface area (Å²) in [5.41, 5.74) is 1.05. The van der Waals surface area contributed by atoms with E-state index in [1.54, 1.807) is 12.1 Å². The lowest BCUT2D eigenvalue weighted by atomic mass is 10.2. The van der Waals surface area contributed by atoms with Crippen LogP contribution in [0.5, 0.6) is 0 Å². The minimum Gasteiger partial charge on any atom is -0.207 e. The first-order chi connectivity index (χ1) is 4.33. The summed E-state index contributed by atoms with van der Waals surface area (Å²) in [4.78, 5) is 0. The van der Waals surface area contributed by atoms with Crippen molar-refractivity contribution in [2.24, 2.45) is 0 Å². The van der Waals surface area contributed by atoms with Crippen LogP contribution in [0.15, 0.2) is 24.3 Å². The van der Waals surface area contributed by atoms with Crippen LogP contribution >= 0.6 is 0 Å². The third kappa shape index (κ3) is 1.53. The van der Waals surface area contributed by atoms with Crippen LogP contribution in [0.4, 0.5) is 4.39 Å². The van der Waals surface area contributed by atoms with Crippen LogP contribution in [0, 0.1) is 12.2 Å². The Balaban J connectivity index is 2.88. The van der Waals surface area contributed by atoms with Crippen LogP contribution in [-0.2, 0) is 0 Å². The zero-order valence-electron chi connectivity index (χ0n) is 5.26. The second-order valence-electron chi connectivity index (χ2n) is 1.84. The van der Waals surface area contributed by atoms with Gasteiger partial charge in [-0.25, -0.2) is 4.39 Å². The van der Waals surface area contributed by atoms with E-state index >= 15 is 0 Å². The van der Waals surface area contributed by atoms with Crippen LogP contribution in [-0.4, -0.2) is 0 Å². The molecule has 0 aliphatic rings. The van der Waals surface area contributed by atoms with E-state index in [0.717, 1.165) is 5.56 Å². The number of rotatable bonds is 1. The van der Waals surface area contributed by atoms with Gasteiger partial charge in [0, 0.05) is 0 Å². The van der Waals surface area contributed by atoms with Crippen molar-refractivity contribution in [1.82, 2.24) is 0 Å². The maximum absolute atomic E-state index is 12.2. The molecule has 1 radical (unpaired) electrons. The number of hydrogen-bond acceptors (Lipinski definition) is 0. The van der Waals surface area contributed by atoms with Crippen molar-refractivity contribution >= 4 is 0 Å². The molecule has 1 aromatic rings. The highest BCUT2D eigenvalue weighted by molar-refractivity contribution is 5.21. The summed E-state index contributed by atoms with van der Waals surface area (Å²) in [6.07, 6.45) is 1.93. The number of hydrogen-bond donors (Lipinski definition) is 0. The molecule has 1 rings (SSSR count). The van der Waals surface area contributed by atoms with Gasteiger partial charge < -0.3 is 0 Å². The average Bonchev–Trinajstić information content (AvgIpc) is 1.90. The monoisotopic (exact) mass is 123 g/mol. The van der Waals surface area contributed by atoms with E-state index in [2.05, 4.69) is 0 Å². The highest BCUT2D eigenvalue weighted by Gasteiger charge is 1.87. The van der Waals surface area contributed by atoms with Gasteiger partial charge in [0.1, 0.15) is 5.82 Å². The molecule has 0 N–H and O–H groups in total. The van der Waals surface area contributed by atoms with E-state index in [1.807, 2.05) is 13.3 Å². The Morgan fingerprint density at radius 3 is 2.22 bits per heavy atom. The zero-order valence-corrected chi connectivity index (χ0v) is 5.26. The SMILES string of the molecule is C[CH]c1ccc(F)cc1. The third-order valence-corrected chi connectivity index (χ3v) is 1.20. The lowest BCUT2D eigenvalue weighted by Crippen LogP contribution is -1.76. The summed E-state index contributed by atoms with van der Waals surface area (Å²) >= 11 is 0. The quantitative estimate of drug-likeness (QED) is 0.538. The molecule has 0 aliphatic heterocycles. The van der Waals surface area contributed by atoms with E-state index in [-0.39, 0.29) is 5.82 Å². The van der Waals surface area contributed by atoms with Crippen LogP contribution < -0.4 is 0 Å². The lowest BCUT2D eigenvalue weighted by Gasteiger charge is -1.91. The van der Waals surface area contributed by atoms with Gasteiger partial charge in [-0.05, 0) is 24.1 Å². The smallest absolute Gasteiger partial charge is 0.123 e. The summed E-state index contributed by atoms with van der Waals surface area (Å²) in [5, 5.41) is 0. The molecule has 0 unspecified atom stereocenters. The minimum atomic E-state index is -0.180. The second kappa shape index (κ2) is 2.62. The molecule has 0 saturated heterocycles. The fraction of sp³-hybridized carbons (Fsp3) is 0.125. The van der Waals surface area contributed by atoms with Crippen molar-refractivity contribution < 1.29 is 4.39 Å². The van der Waals surface area contributed by atoms with Crippen molar-refractivity contribution in [3.8, 4) is 0 Å². The Morgan fingerprint density at radius 1 is 1.22 bits per heavy atom. The standard InChI is InChI=1S/C8H8F/c1-2-7-3-5-8(9)6-4-7/h2-6H,1H3. The molecule has 0 nitrogen and oxygen atoms in total. The Bertz CT molecular complexity index is 176. The first-order valence-electron chi connectivity index (χ1n) is 2.88. The van der Waals surface area contributed by atoms with Crippen molar-refractivity contribution in [1.29, 1.82) is 0 Å². The fourth-order valence-corrected chi connectivity index (χ4v) is 0.655. The van der Waals surface area contributed by atoms with Crippen molar-refractivity contribution in [2.45, 2.75) is 6.92 Å². The van der Waals surface area contributed by atoms with Gasteiger partial charge in [0.2, 0.25) is 0 Å². The average molecular weight is 123 g/mol. The molecule has 0 saturated carbocycles. The van der Waals surface area contributed by atoms with Gasteiger partial charge in [0.25, 0.3) is 0 Å². The molecular formula is C8H8F. The molecule has 0 bridgehead atoms. The molecular weight excluding hydrogens is 115 g/mol. The minimum absolute atomic E-state index is 0.180. The van der Waals surface area contributed by atoms with Gasteiger partial charge in [-0.1, -0.05) is 19.1 Å². The molecule has 9 heavy (non-hydrogen) atoms. The Hall–Kier alpha value is -0.850. The molecule has 1 heteroatoms. The molecule has 0 fully saturated rings. The van der Waals surface area contributed by atoms with Gasteiger partial charge in [-0.2, -0.15) is 0 Å². The molecule has 0 heterocycles. The Kier molecular flexibility index (Phi) is 1.83. The van der Waals surface area contributed by atoms with Crippen LogP contribution in [0.3, 0.4) is 0 Å². The summed E-state index contributed by atoms with van der Waals surface area (Å²) in [7, 11) is 0. The normalized spacial score (nSPS) is 9.56. The summed E-state index contributed by atoms with van der Waals surface area (Å²) in [6, 6.07) is 6.40. The topological polar surface area (TPSA) is 0 Å². The molecule has 0 atom stereocenters. The van der Waals surface area contributed by atoms with Gasteiger partial charge in [-0.15, -0.1) is 0 Å². The highest BCUT2D eigenvalue weighted by atomic mass is 19.1. The first kappa shape index (κ1) is 6.27. The van der Waals surface area contributed by atoms with Crippen molar-refractivity contribution in [3.05, 3.63) is 42.1 Å². The molecule has 47 valence electrons. The largest absolute Gasteiger partial charge is 0.207 e. The molecule has 0 aliphatic carbocycles. The molecule has 1 aromatic carbocycles. The van der Waals surface area contributed by atoms with E-state index in [4.69, 9.17) is 0 Å².